The number of non-ortho nitro benzene ring substituents is 1. The Labute approximate surface area is 133 Å². The Bertz CT molecular complexity index is 1050. The van der Waals surface area contributed by atoms with Crippen LogP contribution in [0.2, 0.25) is 0 Å². The van der Waals surface area contributed by atoms with E-state index in [0.29, 0.717) is 10.4 Å². The Hall–Kier alpha value is -3.00. The van der Waals surface area contributed by atoms with Crippen LogP contribution in [0.15, 0.2) is 63.1 Å². The minimum Gasteiger partial charge on any atom is -0.258 e. The largest absolute Gasteiger partial charge is 0.300 e. The van der Waals surface area contributed by atoms with Gasteiger partial charge in [-0.15, -0.1) is 0 Å². The van der Waals surface area contributed by atoms with E-state index in [0.717, 1.165) is 15.9 Å². The molecule has 23 heavy (non-hydrogen) atoms. The molecule has 2 aromatic heterocycles. The second kappa shape index (κ2) is 5.33. The molecule has 0 spiro atoms. The molecular formula is C15H8N4O3S. The fourth-order valence-corrected chi connectivity index (χ4v) is 3.15. The average molecular weight is 324 g/mol. The zero-order valence-corrected chi connectivity index (χ0v) is 12.4. The highest BCUT2D eigenvalue weighted by atomic mass is 32.2. The Kier molecular flexibility index (Phi) is 3.16. The third-order valence-electron chi connectivity index (χ3n) is 3.34. The molecule has 112 valence electrons. The van der Waals surface area contributed by atoms with Gasteiger partial charge in [-0.2, -0.15) is 0 Å². The first kappa shape index (κ1) is 13.6. The minimum absolute atomic E-state index is 0.128. The van der Waals surface area contributed by atoms with Crippen molar-refractivity contribution in [2.75, 3.05) is 0 Å². The number of hydrogen-bond donors (Lipinski definition) is 0. The summed E-state index contributed by atoms with van der Waals surface area (Å²) < 4.78 is 4.67. The van der Waals surface area contributed by atoms with Crippen LogP contribution in [0.1, 0.15) is 0 Å². The van der Waals surface area contributed by atoms with E-state index in [-0.39, 0.29) is 11.2 Å². The van der Waals surface area contributed by atoms with Gasteiger partial charge in [0.05, 0.1) is 10.4 Å². The summed E-state index contributed by atoms with van der Waals surface area (Å²) in [5.74, 6) is 0. The van der Waals surface area contributed by atoms with E-state index in [1.807, 2.05) is 36.4 Å². The molecule has 0 aliphatic heterocycles. The molecule has 0 atom stereocenters. The van der Waals surface area contributed by atoms with Crippen molar-refractivity contribution in [1.82, 2.24) is 15.3 Å². The molecule has 0 amide bonds. The first-order chi connectivity index (χ1) is 11.2. The number of aromatic nitrogens is 3. The van der Waals surface area contributed by atoms with Gasteiger partial charge < -0.3 is 0 Å². The van der Waals surface area contributed by atoms with E-state index in [9.17, 15) is 10.1 Å². The maximum atomic E-state index is 11.0. The van der Waals surface area contributed by atoms with E-state index < -0.39 is 4.92 Å². The van der Waals surface area contributed by atoms with Gasteiger partial charge in [0.1, 0.15) is 5.03 Å². The topological polar surface area (TPSA) is 95.0 Å². The molecule has 0 bridgehead atoms. The molecule has 2 aromatic carbocycles. The molecule has 4 aromatic rings. The third-order valence-corrected chi connectivity index (χ3v) is 4.33. The summed E-state index contributed by atoms with van der Waals surface area (Å²) in [5.41, 5.74) is 1.26. The first-order valence-electron chi connectivity index (χ1n) is 6.66. The summed E-state index contributed by atoms with van der Waals surface area (Å²) >= 11 is 1.36. The lowest BCUT2D eigenvalue weighted by atomic mass is 10.2. The normalized spacial score (nSPS) is 11.1. The molecule has 2 heterocycles. The molecule has 4 rings (SSSR count). The Morgan fingerprint density at radius 2 is 1.83 bits per heavy atom. The van der Waals surface area contributed by atoms with Crippen LogP contribution >= 0.6 is 11.8 Å². The minimum atomic E-state index is -0.505. The number of nitro benzene ring substituents is 1. The summed E-state index contributed by atoms with van der Waals surface area (Å²) in [6.45, 7) is 0. The van der Waals surface area contributed by atoms with E-state index in [4.69, 9.17) is 0 Å². The Morgan fingerprint density at radius 1 is 1.00 bits per heavy atom. The van der Waals surface area contributed by atoms with E-state index in [1.165, 1.54) is 17.8 Å². The van der Waals surface area contributed by atoms with Crippen LogP contribution in [0, 0.1) is 10.1 Å². The van der Waals surface area contributed by atoms with Crippen LogP contribution in [-0.4, -0.2) is 20.2 Å². The van der Waals surface area contributed by atoms with Gasteiger partial charge in [0.25, 0.3) is 0 Å². The van der Waals surface area contributed by atoms with Gasteiger partial charge in [0.15, 0.2) is 5.52 Å². The molecule has 0 radical (unpaired) electrons. The Balaban J connectivity index is 1.78. The summed E-state index contributed by atoms with van der Waals surface area (Å²) in [5, 5.41) is 20.2. The van der Waals surface area contributed by atoms with Gasteiger partial charge in [-0.3, -0.25) is 10.1 Å². The zero-order valence-electron chi connectivity index (χ0n) is 11.5. The number of fused-ring (bicyclic) bond motifs is 2. The van der Waals surface area contributed by atoms with Crippen LogP contribution < -0.4 is 0 Å². The highest BCUT2D eigenvalue weighted by molar-refractivity contribution is 7.99. The van der Waals surface area contributed by atoms with Crippen molar-refractivity contribution in [3.8, 4) is 0 Å². The fraction of sp³-hybridized carbons (Fsp3) is 0. The number of nitrogens with zero attached hydrogens (tertiary/aromatic N) is 4. The van der Waals surface area contributed by atoms with Crippen LogP contribution in [0.4, 0.5) is 5.69 Å². The van der Waals surface area contributed by atoms with Crippen molar-refractivity contribution in [2.45, 2.75) is 9.92 Å². The number of para-hydroxylation sites is 1. The van der Waals surface area contributed by atoms with E-state index in [2.05, 4.69) is 19.9 Å². The van der Waals surface area contributed by atoms with Crippen molar-refractivity contribution in [3.63, 3.8) is 0 Å². The van der Waals surface area contributed by atoms with Crippen LogP contribution in [0.3, 0.4) is 0 Å². The predicted octanol–water partition coefficient (Wildman–Crippen LogP) is 3.83. The molecule has 0 aliphatic rings. The van der Waals surface area contributed by atoms with Crippen LogP contribution in [-0.2, 0) is 0 Å². The summed E-state index contributed by atoms with van der Waals surface area (Å²) in [4.78, 5) is 15.8. The van der Waals surface area contributed by atoms with Crippen molar-refractivity contribution in [3.05, 3.63) is 58.6 Å². The number of nitro groups is 1. The molecule has 0 aliphatic carbocycles. The lowest BCUT2D eigenvalue weighted by Crippen LogP contribution is -1.90. The van der Waals surface area contributed by atoms with E-state index >= 15 is 0 Å². The van der Waals surface area contributed by atoms with Gasteiger partial charge in [0.2, 0.25) is 5.52 Å². The summed E-state index contributed by atoms with van der Waals surface area (Å²) in [7, 11) is 0. The van der Waals surface area contributed by atoms with Gasteiger partial charge in [0, 0.05) is 16.3 Å². The standard InChI is InChI=1S/C15H8N4O3S/c20-19(21)11-6-7-12(15-14(11)17-22-18-15)23-13-8-5-9-3-1-2-4-10(9)16-13/h1-8H. The van der Waals surface area contributed by atoms with Gasteiger partial charge in [-0.1, -0.05) is 36.0 Å². The number of pyridine rings is 1. The molecule has 0 unspecified atom stereocenters. The highest BCUT2D eigenvalue weighted by Crippen LogP contribution is 2.35. The van der Waals surface area contributed by atoms with Crippen LogP contribution in [0.5, 0.6) is 0 Å². The highest BCUT2D eigenvalue weighted by Gasteiger charge is 2.20. The maximum absolute atomic E-state index is 11.0. The monoisotopic (exact) mass is 324 g/mol. The molecule has 8 heteroatoms. The third kappa shape index (κ3) is 2.38. The molecule has 0 fully saturated rings. The van der Waals surface area contributed by atoms with Gasteiger partial charge in [-0.05, 0) is 28.5 Å². The molecule has 0 N–H and O–H groups in total. The number of benzene rings is 2. The van der Waals surface area contributed by atoms with E-state index in [1.54, 1.807) is 6.07 Å². The zero-order chi connectivity index (χ0) is 15.8. The predicted molar refractivity (Wildman–Crippen MR) is 84.3 cm³/mol. The second-order valence-electron chi connectivity index (χ2n) is 4.75. The maximum Gasteiger partial charge on any atom is 0.300 e. The summed E-state index contributed by atoms with van der Waals surface area (Å²) in [6, 6.07) is 14.7. The lowest BCUT2D eigenvalue weighted by molar-refractivity contribution is -0.383. The van der Waals surface area contributed by atoms with Crippen LogP contribution in [0.25, 0.3) is 21.9 Å². The fourth-order valence-electron chi connectivity index (χ4n) is 2.28. The molecule has 0 saturated heterocycles. The average Bonchev–Trinajstić information content (AvgIpc) is 3.04. The van der Waals surface area contributed by atoms with Crippen molar-refractivity contribution >= 4 is 39.4 Å². The SMILES string of the molecule is O=[N+]([O-])c1ccc(Sc2ccc3ccccc3n2)c2nonc12. The first-order valence-corrected chi connectivity index (χ1v) is 7.47. The molecule has 7 nitrogen and oxygen atoms in total. The van der Waals surface area contributed by atoms with Crippen molar-refractivity contribution in [2.24, 2.45) is 0 Å². The number of hydrogen-bond acceptors (Lipinski definition) is 7. The summed E-state index contributed by atoms with van der Waals surface area (Å²) in [6.07, 6.45) is 0. The molecular weight excluding hydrogens is 316 g/mol. The van der Waals surface area contributed by atoms with Gasteiger partial charge in [-0.25, -0.2) is 9.61 Å². The Morgan fingerprint density at radius 3 is 2.70 bits per heavy atom. The quantitative estimate of drug-likeness (QED) is 0.417. The number of rotatable bonds is 3. The smallest absolute Gasteiger partial charge is 0.258 e. The van der Waals surface area contributed by atoms with Gasteiger partial charge >= 0.3 is 5.69 Å². The van der Waals surface area contributed by atoms with Crippen molar-refractivity contribution < 1.29 is 9.55 Å². The van der Waals surface area contributed by atoms with Crippen molar-refractivity contribution in [1.29, 1.82) is 0 Å². The lowest BCUT2D eigenvalue weighted by Gasteiger charge is -2.03. The second-order valence-corrected chi connectivity index (χ2v) is 5.81. The molecule has 0 saturated carbocycles.